The van der Waals surface area contributed by atoms with E-state index in [1.165, 1.54) is 25.7 Å². The molecule has 2 nitrogen and oxygen atoms in total. The summed E-state index contributed by atoms with van der Waals surface area (Å²) in [6.07, 6.45) is 5.96. The van der Waals surface area contributed by atoms with Crippen molar-refractivity contribution in [2.45, 2.75) is 64.6 Å². The van der Waals surface area contributed by atoms with Crippen LogP contribution >= 0.6 is 0 Å². The van der Waals surface area contributed by atoms with E-state index in [9.17, 15) is 0 Å². The molecule has 3 unspecified atom stereocenters. The van der Waals surface area contributed by atoms with Crippen molar-refractivity contribution in [3.63, 3.8) is 0 Å². The summed E-state index contributed by atoms with van der Waals surface area (Å²) in [5.74, 6) is 0.890. The van der Waals surface area contributed by atoms with Crippen molar-refractivity contribution in [1.29, 1.82) is 0 Å². The van der Waals surface area contributed by atoms with Crippen LogP contribution in [0, 0.1) is 5.92 Å². The average molecular weight is 199 g/mol. The first-order valence-corrected chi connectivity index (χ1v) is 5.94. The molecule has 14 heavy (non-hydrogen) atoms. The van der Waals surface area contributed by atoms with E-state index in [-0.39, 0.29) is 0 Å². The maximum atomic E-state index is 5.31. The molecule has 1 saturated carbocycles. The summed E-state index contributed by atoms with van der Waals surface area (Å²) in [7, 11) is 1.78. The predicted molar refractivity (Wildman–Crippen MR) is 60.5 cm³/mol. The molecule has 0 amide bonds. The molecule has 0 aliphatic heterocycles. The molecule has 1 aliphatic carbocycles. The second kappa shape index (κ2) is 5.72. The van der Waals surface area contributed by atoms with E-state index >= 15 is 0 Å². The maximum absolute atomic E-state index is 5.31. The van der Waals surface area contributed by atoms with Gasteiger partial charge in [0.2, 0.25) is 0 Å². The van der Waals surface area contributed by atoms with E-state index in [0.717, 1.165) is 5.92 Å². The van der Waals surface area contributed by atoms with Crippen molar-refractivity contribution in [2.24, 2.45) is 5.92 Å². The van der Waals surface area contributed by atoms with Gasteiger partial charge in [-0.05, 0) is 39.5 Å². The smallest absolute Gasteiger partial charge is 0.0693 e. The first-order chi connectivity index (χ1) is 6.65. The summed E-state index contributed by atoms with van der Waals surface area (Å²) in [4.78, 5) is 0. The van der Waals surface area contributed by atoms with Gasteiger partial charge >= 0.3 is 0 Å². The first-order valence-electron chi connectivity index (χ1n) is 5.94. The van der Waals surface area contributed by atoms with Crippen LogP contribution in [0.5, 0.6) is 0 Å². The lowest BCUT2D eigenvalue weighted by molar-refractivity contribution is 0.0819. The molecule has 0 spiro atoms. The molecular weight excluding hydrogens is 174 g/mol. The van der Waals surface area contributed by atoms with Crippen LogP contribution in [0.15, 0.2) is 0 Å². The zero-order valence-corrected chi connectivity index (χ0v) is 10.0. The molecule has 1 N–H and O–H groups in total. The van der Waals surface area contributed by atoms with Crippen molar-refractivity contribution in [1.82, 2.24) is 5.32 Å². The minimum atomic E-state index is 0.304. The summed E-state index contributed by atoms with van der Waals surface area (Å²) in [5, 5.41) is 3.65. The summed E-state index contributed by atoms with van der Waals surface area (Å²) < 4.78 is 5.31. The van der Waals surface area contributed by atoms with Crippen molar-refractivity contribution in [3.8, 4) is 0 Å². The minimum Gasteiger partial charge on any atom is -0.380 e. The summed E-state index contributed by atoms with van der Waals surface area (Å²) in [6.45, 7) is 6.65. The number of methoxy groups -OCH3 is 1. The molecule has 0 bridgehead atoms. The topological polar surface area (TPSA) is 21.3 Å². The van der Waals surface area contributed by atoms with Crippen molar-refractivity contribution in [3.05, 3.63) is 0 Å². The average Bonchev–Trinajstić information content (AvgIpc) is 2.69. The third kappa shape index (κ3) is 3.25. The van der Waals surface area contributed by atoms with E-state index in [1.54, 1.807) is 7.11 Å². The van der Waals surface area contributed by atoms with Gasteiger partial charge in [-0.25, -0.2) is 0 Å². The summed E-state index contributed by atoms with van der Waals surface area (Å²) in [5.41, 5.74) is 0. The van der Waals surface area contributed by atoms with Gasteiger partial charge in [0.15, 0.2) is 0 Å². The van der Waals surface area contributed by atoms with Crippen molar-refractivity contribution < 1.29 is 4.74 Å². The van der Waals surface area contributed by atoms with E-state index in [4.69, 9.17) is 4.74 Å². The lowest BCUT2D eigenvalue weighted by Gasteiger charge is -2.27. The van der Waals surface area contributed by atoms with Gasteiger partial charge in [0.25, 0.3) is 0 Å². The predicted octanol–water partition coefficient (Wildman–Crippen LogP) is 2.58. The first kappa shape index (κ1) is 12.0. The van der Waals surface area contributed by atoms with E-state index in [2.05, 4.69) is 26.1 Å². The number of ether oxygens (including phenoxy) is 1. The highest BCUT2D eigenvalue weighted by atomic mass is 16.5. The van der Waals surface area contributed by atoms with Gasteiger partial charge in [-0.15, -0.1) is 0 Å². The monoisotopic (exact) mass is 199 g/mol. The van der Waals surface area contributed by atoms with Crippen LogP contribution in [-0.2, 0) is 4.74 Å². The maximum Gasteiger partial charge on any atom is 0.0693 e. The van der Waals surface area contributed by atoms with Crippen LogP contribution in [0.2, 0.25) is 0 Å². The fourth-order valence-corrected chi connectivity index (χ4v) is 2.35. The highest BCUT2D eigenvalue weighted by Crippen LogP contribution is 2.27. The Bertz CT molecular complexity index is 154. The molecule has 3 atom stereocenters. The Labute approximate surface area is 88.4 Å². The van der Waals surface area contributed by atoms with Crippen LogP contribution < -0.4 is 5.32 Å². The third-order valence-corrected chi connectivity index (χ3v) is 3.71. The van der Waals surface area contributed by atoms with Crippen LogP contribution in [0.4, 0.5) is 0 Å². The molecule has 1 rings (SSSR count). The van der Waals surface area contributed by atoms with Crippen LogP contribution in [0.25, 0.3) is 0 Å². The molecule has 0 heterocycles. The number of hydrogen-bond acceptors (Lipinski definition) is 2. The molecule has 1 aliphatic rings. The van der Waals surface area contributed by atoms with Gasteiger partial charge in [-0.2, -0.15) is 0 Å². The van der Waals surface area contributed by atoms with Gasteiger partial charge < -0.3 is 10.1 Å². The molecule has 0 radical (unpaired) electrons. The Morgan fingerprint density at radius 2 is 1.71 bits per heavy atom. The van der Waals surface area contributed by atoms with Crippen LogP contribution in [-0.4, -0.2) is 25.3 Å². The lowest BCUT2D eigenvalue weighted by atomic mass is 9.98. The third-order valence-electron chi connectivity index (χ3n) is 3.71. The van der Waals surface area contributed by atoms with Crippen molar-refractivity contribution in [2.75, 3.05) is 7.11 Å². The zero-order valence-electron chi connectivity index (χ0n) is 10.0. The van der Waals surface area contributed by atoms with E-state index in [1.807, 2.05) is 0 Å². The van der Waals surface area contributed by atoms with E-state index < -0.39 is 0 Å². The van der Waals surface area contributed by atoms with Gasteiger partial charge in [0.05, 0.1) is 6.10 Å². The summed E-state index contributed by atoms with van der Waals surface area (Å²) >= 11 is 0. The minimum absolute atomic E-state index is 0.304. The Morgan fingerprint density at radius 3 is 2.21 bits per heavy atom. The Balaban J connectivity index is 2.27. The highest BCUT2D eigenvalue weighted by molar-refractivity contribution is 4.81. The largest absolute Gasteiger partial charge is 0.380 e. The lowest BCUT2D eigenvalue weighted by Crippen LogP contribution is -2.44. The molecule has 0 aromatic carbocycles. The molecule has 0 saturated heterocycles. The zero-order chi connectivity index (χ0) is 10.6. The van der Waals surface area contributed by atoms with Gasteiger partial charge in [0.1, 0.15) is 0 Å². The second-order valence-corrected chi connectivity index (χ2v) is 4.73. The summed E-state index contributed by atoms with van der Waals surface area (Å²) in [6, 6.07) is 1.10. The Hall–Kier alpha value is -0.0800. The fourth-order valence-electron chi connectivity index (χ4n) is 2.35. The fraction of sp³-hybridized carbons (Fsp3) is 1.00. The van der Waals surface area contributed by atoms with Gasteiger partial charge in [0, 0.05) is 19.2 Å². The highest BCUT2D eigenvalue weighted by Gasteiger charge is 2.23. The van der Waals surface area contributed by atoms with Crippen LogP contribution in [0.3, 0.4) is 0 Å². The quantitative estimate of drug-likeness (QED) is 0.735. The standard InChI is InChI=1S/C12H25NO/c1-9(11(3)14-4)13-10(2)12-7-5-6-8-12/h9-13H,5-8H2,1-4H3. The molecule has 0 aromatic heterocycles. The van der Waals surface area contributed by atoms with Crippen molar-refractivity contribution >= 4 is 0 Å². The Kier molecular flexibility index (Phi) is 4.90. The Morgan fingerprint density at radius 1 is 1.14 bits per heavy atom. The number of hydrogen-bond donors (Lipinski definition) is 1. The molecule has 1 fully saturated rings. The van der Waals surface area contributed by atoms with Gasteiger partial charge in [-0.1, -0.05) is 12.8 Å². The second-order valence-electron chi connectivity index (χ2n) is 4.73. The molecule has 0 aromatic rings. The van der Waals surface area contributed by atoms with E-state index in [0.29, 0.717) is 18.2 Å². The van der Waals surface area contributed by atoms with Gasteiger partial charge in [-0.3, -0.25) is 0 Å². The SMILES string of the molecule is COC(C)C(C)NC(C)C1CCCC1. The molecule has 84 valence electrons. The molecular formula is C12H25NO. The normalized spacial score (nSPS) is 24.9. The molecule has 2 heteroatoms. The number of rotatable bonds is 5. The number of nitrogens with one attached hydrogen (secondary N) is 1. The van der Waals surface area contributed by atoms with Crippen LogP contribution in [0.1, 0.15) is 46.5 Å².